The van der Waals surface area contributed by atoms with Crippen LogP contribution in [0.15, 0.2) is 12.2 Å². The molecule has 1 aliphatic carbocycles. The Kier molecular flexibility index (Phi) is 4.58. The van der Waals surface area contributed by atoms with Crippen LogP contribution in [0, 0.1) is 5.92 Å². The molecule has 1 rings (SSSR count). The van der Waals surface area contributed by atoms with E-state index in [-0.39, 0.29) is 5.97 Å². The Morgan fingerprint density at radius 3 is 3.08 bits per heavy atom. The number of allylic oxidation sites excluding steroid dienone is 2. The summed E-state index contributed by atoms with van der Waals surface area (Å²) in [7, 11) is 0. The van der Waals surface area contributed by atoms with E-state index < -0.39 is 0 Å². The maximum absolute atomic E-state index is 11.2. The van der Waals surface area contributed by atoms with Gasteiger partial charge in [-0.25, -0.2) is 0 Å². The molecule has 0 aromatic rings. The first kappa shape index (κ1) is 10.3. The summed E-state index contributed by atoms with van der Waals surface area (Å²) in [5, 5.41) is 0. The van der Waals surface area contributed by atoms with Crippen molar-refractivity contribution in [2.75, 3.05) is 6.61 Å². The molecule has 0 radical (unpaired) electrons. The largest absolute Gasteiger partial charge is 0.466 e. The van der Waals surface area contributed by atoms with Crippen molar-refractivity contribution in [3.63, 3.8) is 0 Å². The molecule has 0 aromatic heterocycles. The summed E-state index contributed by atoms with van der Waals surface area (Å²) < 4.78 is 5.02. The Labute approximate surface area is 80.0 Å². The molecule has 0 heterocycles. The Morgan fingerprint density at radius 1 is 1.62 bits per heavy atom. The van der Waals surface area contributed by atoms with E-state index >= 15 is 0 Å². The lowest BCUT2D eigenvalue weighted by atomic mass is 9.93. The molecule has 0 bridgehead atoms. The molecule has 2 nitrogen and oxygen atoms in total. The van der Waals surface area contributed by atoms with Gasteiger partial charge in [0.1, 0.15) is 0 Å². The number of carbonyl (C=O) groups excluding carboxylic acids is 1. The zero-order chi connectivity index (χ0) is 9.52. The van der Waals surface area contributed by atoms with E-state index in [0.29, 0.717) is 18.9 Å². The number of hydrogen-bond donors (Lipinski definition) is 0. The van der Waals surface area contributed by atoms with Gasteiger partial charge in [-0.2, -0.15) is 0 Å². The predicted octanol–water partition coefficient (Wildman–Crippen LogP) is 2.69. The number of esters is 1. The highest BCUT2D eigenvalue weighted by Crippen LogP contribution is 2.20. The van der Waals surface area contributed by atoms with Gasteiger partial charge < -0.3 is 4.74 Å². The Bertz CT molecular complexity index is 185. The fraction of sp³-hybridized carbons (Fsp3) is 0.727. The number of rotatable bonds is 4. The third-order valence-corrected chi connectivity index (χ3v) is 2.25. The molecule has 1 unspecified atom stereocenters. The van der Waals surface area contributed by atoms with E-state index in [2.05, 4.69) is 12.2 Å². The monoisotopic (exact) mass is 182 g/mol. The van der Waals surface area contributed by atoms with E-state index in [1.807, 2.05) is 6.92 Å². The van der Waals surface area contributed by atoms with Gasteiger partial charge in [0.05, 0.1) is 13.0 Å². The van der Waals surface area contributed by atoms with Crippen molar-refractivity contribution < 1.29 is 9.53 Å². The summed E-state index contributed by atoms with van der Waals surface area (Å²) in [6.07, 6.45) is 9.31. The van der Waals surface area contributed by atoms with Crippen molar-refractivity contribution in [1.29, 1.82) is 0 Å². The Morgan fingerprint density at radius 2 is 2.46 bits per heavy atom. The lowest BCUT2D eigenvalue weighted by molar-refractivity contribution is -0.144. The van der Waals surface area contributed by atoms with E-state index in [9.17, 15) is 4.79 Å². The Balaban J connectivity index is 2.18. The van der Waals surface area contributed by atoms with Crippen LogP contribution in [-0.4, -0.2) is 12.6 Å². The van der Waals surface area contributed by atoms with Crippen LogP contribution in [0.1, 0.15) is 39.0 Å². The van der Waals surface area contributed by atoms with Gasteiger partial charge in [-0.3, -0.25) is 4.79 Å². The maximum Gasteiger partial charge on any atom is 0.306 e. The first-order valence-corrected chi connectivity index (χ1v) is 5.15. The predicted molar refractivity (Wildman–Crippen MR) is 52.3 cm³/mol. The van der Waals surface area contributed by atoms with Crippen LogP contribution < -0.4 is 0 Å². The molecule has 0 spiro atoms. The Hall–Kier alpha value is -0.790. The van der Waals surface area contributed by atoms with Gasteiger partial charge in [0.15, 0.2) is 0 Å². The lowest BCUT2D eigenvalue weighted by Crippen LogP contribution is -2.12. The average molecular weight is 182 g/mol. The van der Waals surface area contributed by atoms with E-state index in [1.165, 1.54) is 12.8 Å². The number of ether oxygens (including phenoxy) is 1. The summed E-state index contributed by atoms with van der Waals surface area (Å²) in [5.74, 6) is 0.386. The van der Waals surface area contributed by atoms with E-state index in [1.54, 1.807) is 0 Å². The quantitative estimate of drug-likeness (QED) is 0.493. The molecule has 74 valence electrons. The van der Waals surface area contributed by atoms with Crippen LogP contribution >= 0.6 is 0 Å². The van der Waals surface area contributed by atoms with Gasteiger partial charge in [0, 0.05) is 0 Å². The van der Waals surface area contributed by atoms with Gasteiger partial charge in [-0.1, -0.05) is 19.1 Å². The topological polar surface area (TPSA) is 26.3 Å². The van der Waals surface area contributed by atoms with Crippen LogP contribution in [0.2, 0.25) is 0 Å². The van der Waals surface area contributed by atoms with Crippen molar-refractivity contribution in [1.82, 2.24) is 0 Å². The second-order valence-electron chi connectivity index (χ2n) is 3.54. The molecule has 0 fully saturated rings. The zero-order valence-corrected chi connectivity index (χ0v) is 8.29. The molecule has 0 aliphatic heterocycles. The minimum atomic E-state index is -0.0431. The van der Waals surface area contributed by atoms with Gasteiger partial charge in [0.2, 0.25) is 0 Å². The normalized spacial score (nSPS) is 21.5. The zero-order valence-electron chi connectivity index (χ0n) is 8.29. The third-order valence-electron chi connectivity index (χ3n) is 2.25. The fourth-order valence-electron chi connectivity index (χ4n) is 1.54. The van der Waals surface area contributed by atoms with E-state index in [0.717, 1.165) is 12.8 Å². The number of hydrogen-bond acceptors (Lipinski definition) is 2. The van der Waals surface area contributed by atoms with Crippen LogP contribution in [-0.2, 0) is 9.53 Å². The molecular formula is C11H18O2. The van der Waals surface area contributed by atoms with Crippen molar-refractivity contribution in [2.45, 2.75) is 39.0 Å². The third kappa shape index (κ3) is 4.11. The van der Waals surface area contributed by atoms with Crippen molar-refractivity contribution in [3.05, 3.63) is 12.2 Å². The van der Waals surface area contributed by atoms with Crippen LogP contribution in [0.5, 0.6) is 0 Å². The molecular weight excluding hydrogens is 164 g/mol. The smallest absolute Gasteiger partial charge is 0.306 e. The summed E-state index contributed by atoms with van der Waals surface area (Å²) in [5.41, 5.74) is 0. The van der Waals surface area contributed by atoms with Crippen molar-refractivity contribution in [2.24, 2.45) is 5.92 Å². The maximum atomic E-state index is 11.2. The average Bonchev–Trinajstić information content (AvgIpc) is 2.16. The summed E-state index contributed by atoms with van der Waals surface area (Å²) in [4.78, 5) is 11.2. The highest BCUT2D eigenvalue weighted by Gasteiger charge is 2.13. The lowest BCUT2D eigenvalue weighted by Gasteiger charge is -2.14. The molecule has 0 N–H and O–H groups in total. The molecule has 0 amide bonds. The minimum absolute atomic E-state index is 0.0431. The molecule has 0 saturated carbocycles. The van der Waals surface area contributed by atoms with Crippen molar-refractivity contribution >= 4 is 5.97 Å². The first-order chi connectivity index (χ1) is 6.33. The summed E-state index contributed by atoms with van der Waals surface area (Å²) >= 11 is 0. The van der Waals surface area contributed by atoms with Crippen molar-refractivity contribution in [3.8, 4) is 0 Å². The summed E-state index contributed by atoms with van der Waals surface area (Å²) in [6.45, 7) is 2.57. The van der Waals surface area contributed by atoms with Gasteiger partial charge >= 0.3 is 5.97 Å². The number of carbonyl (C=O) groups is 1. The minimum Gasteiger partial charge on any atom is -0.466 e. The molecule has 2 heteroatoms. The second kappa shape index (κ2) is 5.79. The first-order valence-electron chi connectivity index (χ1n) is 5.15. The molecule has 13 heavy (non-hydrogen) atoms. The highest BCUT2D eigenvalue weighted by atomic mass is 16.5. The SMILES string of the molecule is CCCOC(=O)CC1C=CCCC1. The molecule has 1 aliphatic rings. The molecule has 0 aromatic carbocycles. The van der Waals surface area contributed by atoms with Crippen LogP contribution in [0.3, 0.4) is 0 Å². The van der Waals surface area contributed by atoms with E-state index in [4.69, 9.17) is 4.74 Å². The standard InChI is InChI=1S/C11H18O2/c1-2-8-13-11(12)9-10-6-4-3-5-7-10/h4,6,10H,2-3,5,7-9H2,1H3. The van der Waals surface area contributed by atoms with Gasteiger partial charge in [-0.15, -0.1) is 0 Å². The molecule has 1 atom stereocenters. The highest BCUT2D eigenvalue weighted by molar-refractivity contribution is 5.69. The van der Waals surface area contributed by atoms with Gasteiger partial charge in [0.25, 0.3) is 0 Å². The molecule has 0 saturated heterocycles. The van der Waals surface area contributed by atoms with Gasteiger partial charge in [-0.05, 0) is 31.6 Å². The fourth-order valence-corrected chi connectivity index (χ4v) is 1.54. The second-order valence-corrected chi connectivity index (χ2v) is 3.54. The van der Waals surface area contributed by atoms with Crippen LogP contribution in [0.25, 0.3) is 0 Å². The van der Waals surface area contributed by atoms with Crippen LogP contribution in [0.4, 0.5) is 0 Å². The summed E-state index contributed by atoms with van der Waals surface area (Å²) in [6, 6.07) is 0.